The Balaban J connectivity index is 2.27. The van der Waals surface area contributed by atoms with Crippen LogP contribution in [0, 0.1) is 5.92 Å². The molecule has 0 aromatic heterocycles. The van der Waals surface area contributed by atoms with Crippen molar-refractivity contribution in [3.63, 3.8) is 0 Å². The highest BCUT2D eigenvalue weighted by molar-refractivity contribution is 8.10. The van der Waals surface area contributed by atoms with Crippen LogP contribution in [-0.4, -0.2) is 38.9 Å². The second-order valence-electron chi connectivity index (χ2n) is 9.74. The fourth-order valence-electron chi connectivity index (χ4n) is 4.39. The number of hydrogen-bond donors (Lipinski definition) is 1. The first-order valence-electron chi connectivity index (χ1n) is 11.6. The lowest BCUT2D eigenvalue weighted by Gasteiger charge is -2.39. The van der Waals surface area contributed by atoms with E-state index < -0.39 is 57.5 Å². The molecule has 2 aromatic rings. The number of amides is 1. The summed E-state index contributed by atoms with van der Waals surface area (Å²) >= 11 is 0. The monoisotopic (exact) mass is 525 g/mol. The minimum absolute atomic E-state index is 0.362. The molecular formula is C25H32FNO6S2. The molecule has 2 aromatic carbocycles. The van der Waals surface area contributed by atoms with Gasteiger partial charge in [-0.15, -0.1) is 0 Å². The van der Waals surface area contributed by atoms with E-state index in [2.05, 4.69) is 5.32 Å². The van der Waals surface area contributed by atoms with E-state index >= 15 is 4.39 Å². The number of sulfone groups is 2. The molecule has 1 saturated carbocycles. The van der Waals surface area contributed by atoms with Crippen molar-refractivity contribution in [3.8, 4) is 0 Å². The van der Waals surface area contributed by atoms with Crippen LogP contribution in [0.5, 0.6) is 0 Å². The van der Waals surface area contributed by atoms with Crippen LogP contribution in [0.3, 0.4) is 0 Å². The molecule has 0 unspecified atom stereocenters. The van der Waals surface area contributed by atoms with Crippen LogP contribution in [0.25, 0.3) is 0 Å². The van der Waals surface area contributed by atoms with Crippen molar-refractivity contribution in [2.75, 3.05) is 0 Å². The van der Waals surface area contributed by atoms with Gasteiger partial charge in [0.05, 0.1) is 15.8 Å². The molecule has 0 aliphatic heterocycles. The van der Waals surface area contributed by atoms with Crippen molar-refractivity contribution in [3.05, 3.63) is 60.7 Å². The van der Waals surface area contributed by atoms with Gasteiger partial charge in [0.2, 0.25) is 19.7 Å². The maximum atomic E-state index is 17.5. The summed E-state index contributed by atoms with van der Waals surface area (Å²) in [5, 5.41) is 2.34. The average molecular weight is 526 g/mol. The number of ether oxygens (including phenoxy) is 1. The van der Waals surface area contributed by atoms with E-state index in [1.807, 2.05) is 0 Å². The Hall–Kier alpha value is -2.46. The second kappa shape index (κ2) is 10.3. The average Bonchev–Trinajstić information content (AvgIpc) is 2.82. The molecule has 7 nitrogen and oxygen atoms in total. The third-order valence-corrected chi connectivity index (χ3v) is 11.1. The van der Waals surface area contributed by atoms with Crippen molar-refractivity contribution < 1.29 is 30.8 Å². The van der Waals surface area contributed by atoms with Gasteiger partial charge in [0, 0.05) is 0 Å². The van der Waals surface area contributed by atoms with Crippen LogP contribution in [0.2, 0.25) is 0 Å². The highest BCUT2D eigenvalue weighted by Crippen LogP contribution is 2.45. The molecule has 3 rings (SSSR count). The van der Waals surface area contributed by atoms with Gasteiger partial charge in [-0.05, 0) is 63.8 Å². The lowest BCUT2D eigenvalue weighted by atomic mass is 9.84. The lowest BCUT2D eigenvalue weighted by molar-refractivity contribution is 0.0438. The van der Waals surface area contributed by atoms with E-state index in [0.717, 1.165) is 30.7 Å². The van der Waals surface area contributed by atoms with Gasteiger partial charge >= 0.3 is 10.4 Å². The Bertz CT molecular complexity index is 1150. The Morgan fingerprint density at radius 2 is 1.29 bits per heavy atom. The number of nitrogens with one attached hydrogen (secondary N) is 1. The summed E-state index contributed by atoms with van der Waals surface area (Å²) in [6.45, 7) is 4.81. The minimum Gasteiger partial charge on any atom is -0.444 e. The van der Waals surface area contributed by atoms with Gasteiger partial charge in [-0.1, -0.05) is 55.7 Å². The van der Waals surface area contributed by atoms with Gasteiger partial charge in [0.15, 0.2) is 0 Å². The first kappa shape index (κ1) is 27.1. The van der Waals surface area contributed by atoms with Crippen molar-refractivity contribution >= 4 is 25.8 Å². The maximum absolute atomic E-state index is 17.5. The molecule has 0 spiro atoms. The summed E-state index contributed by atoms with van der Waals surface area (Å²) in [6.07, 6.45) is 1.81. The van der Waals surface area contributed by atoms with Gasteiger partial charge in [-0.25, -0.2) is 26.0 Å². The normalized spacial score (nSPS) is 16.9. The highest BCUT2D eigenvalue weighted by Gasteiger charge is 2.65. The number of rotatable bonds is 7. The number of carbonyl (C=O) groups is 1. The highest BCUT2D eigenvalue weighted by atomic mass is 32.3. The summed E-state index contributed by atoms with van der Waals surface area (Å²) in [4.78, 5) is 11.8. The van der Waals surface area contributed by atoms with Crippen molar-refractivity contribution in [2.45, 2.75) is 78.6 Å². The zero-order valence-electron chi connectivity index (χ0n) is 20.1. The zero-order valence-corrected chi connectivity index (χ0v) is 21.7. The van der Waals surface area contributed by atoms with E-state index in [4.69, 9.17) is 4.74 Å². The number of carbonyl (C=O) groups excluding carboxylic acids is 1. The van der Waals surface area contributed by atoms with E-state index in [1.165, 1.54) is 24.3 Å². The number of alkyl carbamates (subject to hydrolysis) is 1. The van der Waals surface area contributed by atoms with E-state index in [1.54, 1.807) is 32.9 Å². The third kappa shape index (κ3) is 5.53. The fourth-order valence-corrected chi connectivity index (χ4v) is 8.96. The molecule has 1 fully saturated rings. The molecule has 35 heavy (non-hydrogen) atoms. The fraction of sp³-hybridized carbons (Fsp3) is 0.480. The van der Waals surface area contributed by atoms with Gasteiger partial charge < -0.3 is 10.1 Å². The van der Waals surface area contributed by atoms with Gasteiger partial charge in [0.25, 0.3) is 0 Å². The molecule has 0 heterocycles. The SMILES string of the molecule is CC(C)(C)OC(=O)N[C@@H](C1CCCCC1)C(F)(S(=O)(=O)c1ccccc1)S(=O)(=O)c1ccccc1. The smallest absolute Gasteiger partial charge is 0.408 e. The second-order valence-corrected chi connectivity index (χ2v) is 14.1. The summed E-state index contributed by atoms with van der Waals surface area (Å²) in [6, 6.07) is 11.3. The number of benzene rings is 2. The Kier molecular flexibility index (Phi) is 7.96. The maximum Gasteiger partial charge on any atom is 0.408 e. The molecule has 0 bridgehead atoms. The van der Waals surface area contributed by atoms with Crippen LogP contribution in [0.1, 0.15) is 52.9 Å². The van der Waals surface area contributed by atoms with Crippen molar-refractivity contribution in [1.29, 1.82) is 0 Å². The van der Waals surface area contributed by atoms with Gasteiger partial charge in [0.1, 0.15) is 5.60 Å². The van der Waals surface area contributed by atoms with Crippen LogP contribution in [0.15, 0.2) is 70.5 Å². The molecule has 10 heteroatoms. The van der Waals surface area contributed by atoms with Crippen LogP contribution in [-0.2, 0) is 24.4 Å². The molecule has 1 aliphatic rings. The first-order chi connectivity index (χ1) is 16.3. The number of hydrogen-bond acceptors (Lipinski definition) is 6. The lowest BCUT2D eigenvalue weighted by Crippen LogP contribution is -2.62. The molecule has 1 atom stereocenters. The summed E-state index contributed by atoms with van der Waals surface area (Å²) < 4.78 is 74.4. The van der Waals surface area contributed by atoms with E-state index in [9.17, 15) is 21.6 Å². The Morgan fingerprint density at radius 3 is 1.69 bits per heavy atom. The van der Waals surface area contributed by atoms with Crippen molar-refractivity contribution in [1.82, 2.24) is 5.32 Å². The van der Waals surface area contributed by atoms with E-state index in [0.29, 0.717) is 25.7 Å². The Morgan fingerprint density at radius 1 is 0.857 bits per heavy atom. The molecular weight excluding hydrogens is 493 g/mol. The van der Waals surface area contributed by atoms with E-state index in [-0.39, 0.29) is 0 Å². The number of halogens is 1. The van der Waals surface area contributed by atoms with Gasteiger partial charge in [-0.2, -0.15) is 0 Å². The largest absolute Gasteiger partial charge is 0.444 e. The topological polar surface area (TPSA) is 107 Å². The zero-order chi connectivity index (χ0) is 25.9. The van der Waals surface area contributed by atoms with Crippen molar-refractivity contribution in [2.24, 2.45) is 5.92 Å². The molecule has 1 amide bonds. The minimum atomic E-state index is -5.17. The first-order valence-corrected chi connectivity index (χ1v) is 14.5. The Labute approximate surface area is 206 Å². The standard InChI is InChI=1S/C25H32FNO6S2/c1-24(2,3)33-23(28)27-22(19-13-7-4-8-14-19)25(26,34(29,30)20-15-9-5-10-16-20)35(31,32)21-17-11-6-12-18-21/h5-6,9-12,15-19,22H,4,7-8,13-14H2,1-3H3,(H,27,28)/t22-/m0/s1. The molecule has 0 saturated heterocycles. The van der Waals surface area contributed by atoms with Crippen LogP contribution in [0.4, 0.5) is 9.18 Å². The summed E-state index contributed by atoms with van der Waals surface area (Å²) in [5.74, 6) is -0.738. The van der Waals surface area contributed by atoms with Crippen LogP contribution >= 0.6 is 0 Å². The predicted molar refractivity (Wildman–Crippen MR) is 131 cm³/mol. The summed E-state index contributed by atoms with van der Waals surface area (Å²) in [7, 11) is -10.3. The van der Waals surface area contributed by atoms with Crippen LogP contribution < -0.4 is 5.32 Å². The molecule has 1 aliphatic carbocycles. The van der Waals surface area contributed by atoms with Gasteiger partial charge in [-0.3, -0.25) is 0 Å². The quantitative estimate of drug-likeness (QED) is 0.543. The third-order valence-electron chi connectivity index (χ3n) is 6.00. The summed E-state index contributed by atoms with van der Waals surface area (Å²) in [5.41, 5.74) is -0.962. The number of alkyl halides is 1. The predicted octanol–water partition coefficient (Wildman–Crippen LogP) is 5.03. The molecule has 192 valence electrons. The molecule has 0 radical (unpaired) electrons. The molecule has 1 N–H and O–H groups in total.